The Bertz CT molecular complexity index is 306. The van der Waals surface area contributed by atoms with Gasteiger partial charge in [0.2, 0.25) is 0 Å². The summed E-state index contributed by atoms with van der Waals surface area (Å²) < 4.78 is 4.71. The van der Waals surface area contributed by atoms with E-state index in [4.69, 9.17) is 16.7 Å². The molecule has 0 bridgehead atoms. The highest BCUT2D eigenvalue weighted by molar-refractivity contribution is 7.80. The van der Waals surface area contributed by atoms with E-state index in [1.807, 2.05) is 0 Å². The van der Waals surface area contributed by atoms with Crippen LogP contribution in [0.3, 0.4) is 0 Å². The Morgan fingerprint density at radius 1 is 1.40 bits per heavy atom. The van der Waals surface area contributed by atoms with Crippen molar-refractivity contribution < 1.29 is 4.52 Å². The van der Waals surface area contributed by atoms with Gasteiger partial charge in [-0.15, -0.1) is 0 Å². The minimum absolute atomic E-state index is 0.519. The number of aromatic nitrogens is 1. The summed E-state index contributed by atoms with van der Waals surface area (Å²) in [6.07, 6.45) is 7.88. The van der Waals surface area contributed by atoms with Crippen molar-refractivity contribution >= 4 is 23.1 Å². The van der Waals surface area contributed by atoms with Crippen LogP contribution in [0.2, 0.25) is 0 Å². The molecule has 0 atom stereocenters. The van der Waals surface area contributed by atoms with Crippen LogP contribution in [0.1, 0.15) is 32.1 Å². The second-order valence-electron chi connectivity index (χ2n) is 3.82. The summed E-state index contributed by atoms with van der Waals surface area (Å²) in [6, 6.07) is 2.26. The molecule has 4 nitrogen and oxygen atoms in total. The molecule has 0 spiro atoms. The van der Waals surface area contributed by atoms with Gasteiger partial charge in [-0.3, -0.25) is 0 Å². The van der Waals surface area contributed by atoms with Gasteiger partial charge in [-0.1, -0.05) is 24.4 Å². The van der Waals surface area contributed by atoms with Crippen molar-refractivity contribution in [3.05, 3.63) is 12.3 Å². The number of anilines is 1. The van der Waals surface area contributed by atoms with E-state index in [2.05, 4.69) is 15.8 Å². The minimum Gasteiger partial charge on any atom is -0.363 e. The van der Waals surface area contributed by atoms with Crippen LogP contribution in [0.5, 0.6) is 0 Å². The third kappa shape index (κ3) is 3.20. The van der Waals surface area contributed by atoms with Gasteiger partial charge in [-0.05, 0) is 25.1 Å². The summed E-state index contributed by atoms with van der Waals surface area (Å²) in [5, 5.41) is 10.7. The molecule has 2 rings (SSSR count). The van der Waals surface area contributed by atoms with Crippen molar-refractivity contribution in [1.29, 1.82) is 0 Å². The predicted molar refractivity (Wildman–Crippen MR) is 62.7 cm³/mol. The molecule has 0 radical (unpaired) electrons. The molecule has 1 aliphatic carbocycles. The second kappa shape index (κ2) is 5.11. The van der Waals surface area contributed by atoms with Crippen LogP contribution in [0, 0.1) is 0 Å². The van der Waals surface area contributed by atoms with Crippen LogP contribution in [-0.4, -0.2) is 16.3 Å². The Labute approximate surface area is 94.4 Å². The van der Waals surface area contributed by atoms with E-state index in [1.54, 1.807) is 6.07 Å². The zero-order valence-electron chi connectivity index (χ0n) is 8.53. The van der Waals surface area contributed by atoms with E-state index in [9.17, 15) is 0 Å². The molecular weight excluding hydrogens is 210 g/mol. The van der Waals surface area contributed by atoms with Gasteiger partial charge < -0.3 is 15.2 Å². The lowest BCUT2D eigenvalue weighted by atomic mass is 9.96. The maximum atomic E-state index is 5.18. The first-order chi connectivity index (χ1) is 7.34. The summed E-state index contributed by atoms with van der Waals surface area (Å²) in [6.45, 7) is 0. The van der Waals surface area contributed by atoms with E-state index in [1.165, 1.54) is 38.4 Å². The quantitative estimate of drug-likeness (QED) is 0.756. The number of nitrogens with one attached hydrogen (secondary N) is 2. The van der Waals surface area contributed by atoms with Crippen LogP contribution >= 0.6 is 12.2 Å². The van der Waals surface area contributed by atoms with Crippen LogP contribution in [0.4, 0.5) is 5.82 Å². The van der Waals surface area contributed by atoms with Gasteiger partial charge in [0.15, 0.2) is 10.9 Å². The summed E-state index contributed by atoms with van der Waals surface area (Å²) >= 11 is 5.18. The lowest BCUT2D eigenvalue weighted by Gasteiger charge is -2.23. The molecule has 2 N–H and O–H groups in total. The average molecular weight is 225 g/mol. The summed E-state index contributed by atoms with van der Waals surface area (Å²) in [7, 11) is 0. The van der Waals surface area contributed by atoms with E-state index >= 15 is 0 Å². The topological polar surface area (TPSA) is 50.1 Å². The summed E-state index contributed by atoms with van der Waals surface area (Å²) in [4.78, 5) is 0. The van der Waals surface area contributed by atoms with Crippen molar-refractivity contribution in [2.75, 3.05) is 5.32 Å². The lowest BCUT2D eigenvalue weighted by molar-refractivity contribution is 0.414. The van der Waals surface area contributed by atoms with Gasteiger partial charge in [0.25, 0.3) is 0 Å². The van der Waals surface area contributed by atoms with E-state index in [0.717, 1.165) is 0 Å². The maximum Gasteiger partial charge on any atom is 0.175 e. The van der Waals surface area contributed by atoms with Crippen molar-refractivity contribution in [2.24, 2.45) is 0 Å². The highest BCUT2D eigenvalue weighted by Crippen LogP contribution is 2.17. The first-order valence-corrected chi connectivity index (χ1v) is 5.73. The minimum atomic E-state index is 0.519. The van der Waals surface area contributed by atoms with Gasteiger partial charge in [0, 0.05) is 12.1 Å². The fourth-order valence-electron chi connectivity index (χ4n) is 1.86. The van der Waals surface area contributed by atoms with Gasteiger partial charge >= 0.3 is 0 Å². The molecule has 1 aliphatic rings. The molecule has 15 heavy (non-hydrogen) atoms. The first kappa shape index (κ1) is 10.4. The third-order valence-corrected chi connectivity index (χ3v) is 2.84. The normalized spacial score (nSPS) is 17.3. The molecule has 1 aromatic heterocycles. The lowest BCUT2D eigenvalue weighted by Crippen LogP contribution is -2.38. The molecule has 0 unspecified atom stereocenters. The van der Waals surface area contributed by atoms with Crippen molar-refractivity contribution in [3.63, 3.8) is 0 Å². The number of hydrogen-bond donors (Lipinski definition) is 2. The Balaban J connectivity index is 1.76. The number of thiocarbonyl (C=S) groups is 1. The zero-order chi connectivity index (χ0) is 10.5. The molecule has 1 aromatic rings. The standard InChI is InChI=1S/C10H15N3OS/c15-10(12-9-6-7-14-13-9)11-8-4-2-1-3-5-8/h6-8H,1-5H2,(H2,11,12,13,15). The Hall–Kier alpha value is -1.10. The smallest absolute Gasteiger partial charge is 0.175 e. The van der Waals surface area contributed by atoms with Gasteiger partial charge in [-0.2, -0.15) is 0 Å². The molecule has 5 heteroatoms. The number of hydrogen-bond acceptors (Lipinski definition) is 3. The first-order valence-electron chi connectivity index (χ1n) is 5.32. The Kier molecular flexibility index (Phi) is 3.55. The Morgan fingerprint density at radius 2 is 2.20 bits per heavy atom. The molecule has 0 aromatic carbocycles. The maximum absolute atomic E-state index is 5.18. The largest absolute Gasteiger partial charge is 0.363 e. The van der Waals surface area contributed by atoms with Crippen molar-refractivity contribution in [1.82, 2.24) is 10.5 Å². The van der Waals surface area contributed by atoms with Crippen molar-refractivity contribution in [2.45, 2.75) is 38.1 Å². The predicted octanol–water partition coefficient (Wildman–Crippen LogP) is 2.29. The van der Waals surface area contributed by atoms with Crippen LogP contribution < -0.4 is 10.6 Å². The van der Waals surface area contributed by atoms with E-state index < -0.39 is 0 Å². The van der Waals surface area contributed by atoms with E-state index in [-0.39, 0.29) is 0 Å². The molecule has 0 amide bonds. The molecule has 1 saturated carbocycles. The highest BCUT2D eigenvalue weighted by Gasteiger charge is 2.14. The van der Waals surface area contributed by atoms with Crippen LogP contribution in [0.15, 0.2) is 16.9 Å². The SMILES string of the molecule is S=C(Nc1ccon1)NC1CCCCC1. The molecule has 1 heterocycles. The van der Waals surface area contributed by atoms with Gasteiger partial charge in [0.1, 0.15) is 6.26 Å². The number of nitrogens with zero attached hydrogens (tertiary/aromatic N) is 1. The molecule has 0 saturated heterocycles. The zero-order valence-corrected chi connectivity index (χ0v) is 9.35. The van der Waals surface area contributed by atoms with Crippen LogP contribution in [-0.2, 0) is 0 Å². The highest BCUT2D eigenvalue weighted by atomic mass is 32.1. The Morgan fingerprint density at radius 3 is 2.87 bits per heavy atom. The molecule has 0 aliphatic heterocycles. The van der Waals surface area contributed by atoms with Crippen molar-refractivity contribution in [3.8, 4) is 0 Å². The monoisotopic (exact) mass is 225 g/mol. The summed E-state index contributed by atoms with van der Waals surface area (Å²) in [5.74, 6) is 0.656. The fourth-order valence-corrected chi connectivity index (χ4v) is 2.13. The number of rotatable bonds is 2. The van der Waals surface area contributed by atoms with Gasteiger partial charge in [-0.25, -0.2) is 0 Å². The average Bonchev–Trinajstić information content (AvgIpc) is 2.71. The van der Waals surface area contributed by atoms with Crippen LogP contribution in [0.25, 0.3) is 0 Å². The van der Waals surface area contributed by atoms with E-state index in [0.29, 0.717) is 17.0 Å². The molecule has 82 valence electrons. The molecule has 1 fully saturated rings. The van der Waals surface area contributed by atoms with Gasteiger partial charge in [0.05, 0.1) is 0 Å². The third-order valence-electron chi connectivity index (χ3n) is 2.62. The molecular formula is C10H15N3OS. The fraction of sp³-hybridized carbons (Fsp3) is 0.600. The summed E-state index contributed by atoms with van der Waals surface area (Å²) in [5.41, 5.74) is 0. The second-order valence-corrected chi connectivity index (χ2v) is 4.23.